The van der Waals surface area contributed by atoms with Gasteiger partial charge < -0.3 is 9.67 Å². The molecule has 0 aliphatic heterocycles. The molecule has 2 rings (SSSR count). The number of aromatic nitrogens is 2. The van der Waals surface area contributed by atoms with Crippen molar-refractivity contribution in [3.05, 3.63) is 53.6 Å². The van der Waals surface area contributed by atoms with Crippen molar-refractivity contribution in [2.24, 2.45) is 0 Å². The molecule has 1 unspecified atom stereocenters. The van der Waals surface area contributed by atoms with Crippen molar-refractivity contribution < 1.29 is 13.9 Å². The largest absolute Gasteiger partial charge is 0.382 e. The summed E-state index contributed by atoms with van der Waals surface area (Å²) < 4.78 is 28.4. The van der Waals surface area contributed by atoms with Crippen LogP contribution < -0.4 is 0 Å². The second-order valence-corrected chi connectivity index (χ2v) is 4.06. The fourth-order valence-electron chi connectivity index (χ4n) is 1.88. The van der Waals surface area contributed by atoms with Crippen LogP contribution in [0.3, 0.4) is 0 Å². The van der Waals surface area contributed by atoms with E-state index in [4.69, 9.17) is 0 Å². The molecule has 0 aliphatic carbocycles. The molecule has 18 heavy (non-hydrogen) atoms. The Morgan fingerprint density at radius 1 is 1.39 bits per heavy atom. The minimum absolute atomic E-state index is 0.0761. The summed E-state index contributed by atoms with van der Waals surface area (Å²) in [5, 5.41) is 10.1. The van der Waals surface area contributed by atoms with Crippen molar-refractivity contribution in [2.45, 2.75) is 26.0 Å². The highest BCUT2D eigenvalue weighted by molar-refractivity contribution is 5.27. The number of aliphatic hydroxyl groups is 1. The van der Waals surface area contributed by atoms with Crippen LogP contribution in [0.25, 0.3) is 0 Å². The molecule has 1 atom stereocenters. The fraction of sp³-hybridized carbons (Fsp3) is 0.308. The third kappa shape index (κ3) is 2.26. The van der Waals surface area contributed by atoms with Gasteiger partial charge in [-0.1, -0.05) is 19.1 Å². The summed E-state index contributed by atoms with van der Waals surface area (Å²) >= 11 is 0. The highest BCUT2D eigenvalue weighted by Gasteiger charge is 2.20. The predicted octanol–water partition coefficient (Wildman–Crippen LogP) is 2.65. The zero-order chi connectivity index (χ0) is 13.1. The van der Waals surface area contributed by atoms with Gasteiger partial charge in [-0.25, -0.2) is 13.8 Å². The number of benzene rings is 1. The van der Waals surface area contributed by atoms with Gasteiger partial charge in [-0.3, -0.25) is 0 Å². The lowest BCUT2D eigenvalue weighted by molar-refractivity contribution is 0.203. The molecule has 0 amide bonds. The SMILES string of the molecule is CCCn1cncc1C(O)c1cccc(F)c1F. The number of rotatable bonds is 4. The number of hydrogen-bond donors (Lipinski definition) is 1. The number of aryl methyl sites for hydroxylation is 1. The number of imidazole rings is 1. The van der Waals surface area contributed by atoms with Gasteiger partial charge in [-0.2, -0.15) is 0 Å². The van der Waals surface area contributed by atoms with Crippen LogP contribution in [0.4, 0.5) is 8.78 Å². The summed E-state index contributed by atoms with van der Waals surface area (Å²) in [6.07, 6.45) is 2.68. The molecular formula is C13H14F2N2O. The summed E-state index contributed by atoms with van der Waals surface area (Å²) in [4.78, 5) is 3.93. The highest BCUT2D eigenvalue weighted by Crippen LogP contribution is 2.25. The molecule has 0 saturated carbocycles. The van der Waals surface area contributed by atoms with Gasteiger partial charge in [-0.05, 0) is 12.5 Å². The molecule has 1 heterocycles. The topological polar surface area (TPSA) is 38.0 Å². The van der Waals surface area contributed by atoms with Crippen molar-refractivity contribution >= 4 is 0 Å². The highest BCUT2D eigenvalue weighted by atomic mass is 19.2. The van der Waals surface area contributed by atoms with E-state index in [0.29, 0.717) is 12.2 Å². The lowest BCUT2D eigenvalue weighted by Crippen LogP contribution is -2.10. The molecule has 2 aromatic rings. The van der Waals surface area contributed by atoms with Crippen molar-refractivity contribution in [3.8, 4) is 0 Å². The van der Waals surface area contributed by atoms with Crippen LogP contribution in [0.1, 0.15) is 30.7 Å². The lowest BCUT2D eigenvalue weighted by Gasteiger charge is -2.14. The van der Waals surface area contributed by atoms with Gasteiger partial charge >= 0.3 is 0 Å². The average Bonchev–Trinajstić information content (AvgIpc) is 2.80. The number of halogens is 2. The van der Waals surface area contributed by atoms with Gasteiger partial charge in [0.25, 0.3) is 0 Å². The van der Waals surface area contributed by atoms with Gasteiger partial charge in [0.2, 0.25) is 0 Å². The van der Waals surface area contributed by atoms with Crippen LogP contribution in [0.15, 0.2) is 30.7 Å². The molecule has 0 aliphatic rings. The zero-order valence-electron chi connectivity index (χ0n) is 9.98. The van der Waals surface area contributed by atoms with E-state index in [-0.39, 0.29) is 5.56 Å². The van der Waals surface area contributed by atoms with Crippen LogP contribution >= 0.6 is 0 Å². The van der Waals surface area contributed by atoms with Gasteiger partial charge in [0.1, 0.15) is 6.10 Å². The van der Waals surface area contributed by atoms with Crippen LogP contribution in [-0.2, 0) is 6.54 Å². The van der Waals surface area contributed by atoms with Crippen LogP contribution in [0, 0.1) is 11.6 Å². The van der Waals surface area contributed by atoms with Crippen molar-refractivity contribution in [1.29, 1.82) is 0 Å². The minimum Gasteiger partial charge on any atom is -0.382 e. The Kier molecular flexibility index (Phi) is 3.72. The Morgan fingerprint density at radius 3 is 2.89 bits per heavy atom. The quantitative estimate of drug-likeness (QED) is 0.908. The molecule has 0 saturated heterocycles. The Morgan fingerprint density at radius 2 is 2.17 bits per heavy atom. The maximum Gasteiger partial charge on any atom is 0.165 e. The second kappa shape index (κ2) is 5.27. The van der Waals surface area contributed by atoms with Crippen LogP contribution in [-0.4, -0.2) is 14.7 Å². The van der Waals surface area contributed by atoms with E-state index in [0.717, 1.165) is 12.5 Å². The molecule has 5 heteroatoms. The molecule has 1 N–H and O–H groups in total. The van der Waals surface area contributed by atoms with Gasteiger partial charge in [0.05, 0.1) is 18.2 Å². The van der Waals surface area contributed by atoms with Crippen molar-refractivity contribution in [3.63, 3.8) is 0 Å². The van der Waals surface area contributed by atoms with Crippen LogP contribution in [0.5, 0.6) is 0 Å². The first-order chi connectivity index (χ1) is 8.65. The van der Waals surface area contributed by atoms with Crippen LogP contribution in [0.2, 0.25) is 0 Å². The third-order valence-electron chi connectivity index (χ3n) is 2.77. The molecule has 0 bridgehead atoms. The van der Waals surface area contributed by atoms with E-state index < -0.39 is 17.7 Å². The Labute approximate surface area is 104 Å². The molecule has 0 fully saturated rings. The van der Waals surface area contributed by atoms with Gasteiger partial charge in [0.15, 0.2) is 11.6 Å². The first kappa shape index (κ1) is 12.7. The van der Waals surface area contributed by atoms with Crippen molar-refractivity contribution in [2.75, 3.05) is 0 Å². The van der Waals surface area contributed by atoms with Gasteiger partial charge in [-0.15, -0.1) is 0 Å². The van der Waals surface area contributed by atoms with E-state index in [1.165, 1.54) is 18.3 Å². The van der Waals surface area contributed by atoms with Gasteiger partial charge in [0, 0.05) is 12.1 Å². The summed E-state index contributed by atoms with van der Waals surface area (Å²) in [7, 11) is 0. The maximum absolute atomic E-state index is 13.6. The fourth-order valence-corrected chi connectivity index (χ4v) is 1.88. The number of nitrogens with zero attached hydrogens (tertiary/aromatic N) is 2. The second-order valence-electron chi connectivity index (χ2n) is 4.06. The molecule has 0 spiro atoms. The molecule has 96 valence electrons. The third-order valence-corrected chi connectivity index (χ3v) is 2.77. The maximum atomic E-state index is 13.6. The first-order valence-electron chi connectivity index (χ1n) is 5.77. The summed E-state index contributed by atoms with van der Waals surface area (Å²) in [6, 6.07) is 3.76. The minimum atomic E-state index is -1.21. The van der Waals surface area contributed by atoms with E-state index in [2.05, 4.69) is 4.98 Å². The first-order valence-corrected chi connectivity index (χ1v) is 5.77. The van der Waals surface area contributed by atoms with E-state index in [1.807, 2.05) is 6.92 Å². The van der Waals surface area contributed by atoms with Crippen molar-refractivity contribution in [1.82, 2.24) is 9.55 Å². The Bertz CT molecular complexity index is 540. The summed E-state index contributed by atoms with van der Waals surface area (Å²) in [5.74, 6) is -1.98. The lowest BCUT2D eigenvalue weighted by atomic mass is 10.1. The molecule has 1 aromatic carbocycles. The zero-order valence-corrected chi connectivity index (χ0v) is 9.98. The summed E-state index contributed by atoms with van der Waals surface area (Å²) in [6.45, 7) is 2.66. The van der Waals surface area contributed by atoms with E-state index in [9.17, 15) is 13.9 Å². The number of aliphatic hydroxyl groups excluding tert-OH is 1. The number of hydrogen-bond acceptors (Lipinski definition) is 2. The Balaban J connectivity index is 2.38. The van der Waals surface area contributed by atoms with E-state index in [1.54, 1.807) is 10.9 Å². The Hall–Kier alpha value is -1.75. The summed E-state index contributed by atoms with van der Waals surface area (Å²) in [5.41, 5.74) is 0.384. The molecule has 0 radical (unpaired) electrons. The average molecular weight is 252 g/mol. The normalized spacial score (nSPS) is 12.7. The standard InChI is InChI=1S/C13H14F2N2O/c1-2-6-17-8-16-7-11(17)13(18)9-4-3-5-10(14)12(9)15/h3-5,7-8,13,18H,2,6H2,1H3. The predicted molar refractivity (Wildman–Crippen MR) is 62.9 cm³/mol. The smallest absolute Gasteiger partial charge is 0.165 e. The van der Waals surface area contributed by atoms with E-state index >= 15 is 0 Å². The monoisotopic (exact) mass is 252 g/mol. The molecular weight excluding hydrogens is 238 g/mol. The molecule has 3 nitrogen and oxygen atoms in total. The molecule has 1 aromatic heterocycles.